The summed E-state index contributed by atoms with van der Waals surface area (Å²) in [5, 5.41) is 0. The van der Waals surface area contributed by atoms with E-state index >= 15 is 9.59 Å². The van der Waals surface area contributed by atoms with E-state index < -0.39 is 116 Å². The molecule has 3 aliphatic heterocycles. The van der Waals surface area contributed by atoms with Crippen molar-refractivity contribution >= 4 is 78.8 Å². The number of fused-ring (bicyclic) bond motifs is 2. The molecule has 0 aliphatic carbocycles. The second kappa shape index (κ2) is 31.5. The molecule has 0 radical (unpaired) electrons. The molecule has 0 saturated carbocycles. The van der Waals surface area contributed by atoms with Gasteiger partial charge in [0.1, 0.15) is 45.6 Å². The summed E-state index contributed by atoms with van der Waals surface area (Å²) < 4.78 is 75.9. The molecule has 0 N–H and O–H groups in total. The van der Waals surface area contributed by atoms with Crippen LogP contribution in [0.4, 0.5) is 11.6 Å². The maximum atomic E-state index is 15.2. The number of amides is 4. The van der Waals surface area contributed by atoms with Gasteiger partial charge in [0.25, 0.3) is 23.6 Å². The summed E-state index contributed by atoms with van der Waals surface area (Å²) in [6, 6.07) is 14.9. The predicted octanol–water partition coefficient (Wildman–Crippen LogP) is 6.04. The second-order valence-corrected chi connectivity index (χ2v) is 30.7. The van der Waals surface area contributed by atoms with Gasteiger partial charge in [0.15, 0.2) is 44.1 Å². The number of likely N-dealkylation sites (N-methyl/N-ethyl adjacent to an activating group) is 4. The molecule has 7 rings (SSSR count). The number of benzene rings is 2. The Hall–Kier alpha value is -8.00. The van der Waals surface area contributed by atoms with Crippen LogP contribution in [-0.4, -0.2) is 195 Å². The largest absolute Gasteiger partial charge is 0.451 e. The fourth-order valence-electron chi connectivity index (χ4n) is 11.8. The average Bonchev–Trinajstić information content (AvgIpc) is 0.797. The Morgan fingerprint density at radius 3 is 0.989 bits per heavy atom. The van der Waals surface area contributed by atoms with Gasteiger partial charge in [-0.2, -0.15) is 0 Å². The summed E-state index contributed by atoms with van der Waals surface area (Å²) in [5.74, 6) is -7.67. The highest BCUT2D eigenvalue weighted by atomic mass is 32.2. The summed E-state index contributed by atoms with van der Waals surface area (Å²) in [6.45, 7) is 18.2. The molecule has 0 unspecified atom stereocenters. The van der Waals surface area contributed by atoms with Crippen molar-refractivity contribution in [3.05, 3.63) is 107 Å². The van der Waals surface area contributed by atoms with Crippen molar-refractivity contribution in [2.45, 2.75) is 179 Å². The van der Waals surface area contributed by atoms with Gasteiger partial charge < -0.3 is 48.3 Å². The maximum Gasteiger partial charge on any atom is 0.329 e. The summed E-state index contributed by atoms with van der Waals surface area (Å²) in [5.41, 5.74) is 2.60. The molecule has 26 heteroatoms. The third-order valence-electron chi connectivity index (χ3n) is 17.1. The number of carbonyl (C=O) groups is 8. The van der Waals surface area contributed by atoms with Crippen LogP contribution in [0.25, 0.3) is 0 Å². The number of cyclic esters (lactones) is 4. The van der Waals surface area contributed by atoms with E-state index in [0.717, 1.165) is 30.7 Å². The molecule has 3 aliphatic rings. The molecule has 5 heterocycles. The first kappa shape index (κ1) is 73.4. The zero-order valence-corrected chi connectivity index (χ0v) is 58.1. The first-order chi connectivity index (χ1) is 44.2. The highest BCUT2D eigenvalue weighted by Crippen LogP contribution is 2.32. The summed E-state index contributed by atoms with van der Waals surface area (Å²) >= 11 is 0. The Morgan fingerprint density at radius 1 is 0.415 bits per heavy atom. The SMILES string of the molecule is CC(C)C[C@H]1C(=O)O[C@H](Cc2ccc(CN3CCS(=O)(=O)c4cccnc43)cc2)C(=O)N(C)[C@@H](CC(C)C)C(=O)O[C@H](C)C(=O)N(C)[C@@H](CC(C)C)C(=O)O[C@H](Cc2ccc(CN3CCS(=O)(=O)c4cccnc43)cc2)C(=O)N(C)[C@@H](CC(C)C)C(=O)O[C@H](C)C(=O)N1C. The molecular weight excluding hydrogens is 1250 g/mol. The van der Waals surface area contributed by atoms with Crippen LogP contribution < -0.4 is 9.80 Å². The lowest BCUT2D eigenvalue weighted by molar-refractivity contribution is -0.176. The van der Waals surface area contributed by atoms with Gasteiger partial charge in [0.05, 0.1) is 11.5 Å². The number of hydrogen-bond acceptors (Lipinski definition) is 20. The minimum absolute atomic E-state index is 0.0244. The fraction of sp³-hybridized carbons (Fsp3) is 0.559. The number of pyridine rings is 2. The second-order valence-electron chi connectivity index (χ2n) is 26.6. The number of sulfone groups is 2. The van der Waals surface area contributed by atoms with Crippen molar-refractivity contribution in [3.63, 3.8) is 0 Å². The predicted molar refractivity (Wildman–Crippen MR) is 350 cm³/mol. The molecule has 2 aromatic carbocycles. The lowest BCUT2D eigenvalue weighted by Crippen LogP contribution is -2.55. The Morgan fingerprint density at radius 2 is 0.691 bits per heavy atom. The quantitative estimate of drug-likeness (QED) is 0.0912. The minimum atomic E-state index is -3.52. The number of rotatable bonds is 16. The summed E-state index contributed by atoms with van der Waals surface area (Å²) in [7, 11) is -1.63. The van der Waals surface area contributed by atoms with Crippen molar-refractivity contribution in [2.75, 3.05) is 62.6 Å². The molecule has 24 nitrogen and oxygen atoms in total. The van der Waals surface area contributed by atoms with E-state index in [-0.39, 0.29) is 96.6 Å². The number of ether oxygens (including phenoxy) is 4. The van der Waals surface area contributed by atoms with Crippen LogP contribution in [0, 0.1) is 23.7 Å². The van der Waals surface area contributed by atoms with E-state index in [0.29, 0.717) is 35.9 Å². The normalized spacial score (nSPS) is 24.1. The number of carbonyl (C=O) groups excluding carboxylic acids is 8. The monoisotopic (exact) mass is 1340 g/mol. The van der Waals surface area contributed by atoms with E-state index in [4.69, 9.17) is 18.9 Å². The Labute approximate surface area is 552 Å². The third-order valence-corrected chi connectivity index (χ3v) is 20.6. The number of nitrogens with zero attached hydrogens (tertiary/aromatic N) is 8. The van der Waals surface area contributed by atoms with Gasteiger partial charge >= 0.3 is 23.9 Å². The fourth-order valence-corrected chi connectivity index (χ4v) is 14.7. The van der Waals surface area contributed by atoms with Crippen molar-refractivity contribution in [1.29, 1.82) is 0 Å². The highest BCUT2D eigenvalue weighted by molar-refractivity contribution is 7.92. The van der Waals surface area contributed by atoms with Gasteiger partial charge in [-0.15, -0.1) is 0 Å². The average molecular weight is 1340 g/mol. The first-order valence-electron chi connectivity index (χ1n) is 32.1. The Bertz CT molecular complexity index is 3370. The van der Waals surface area contributed by atoms with Gasteiger partial charge in [0, 0.05) is 79.6 Å². The molecule has 94 heavy (non-hydrogen) atoms. The molecule has 0 spiro atoms. The zero-order valence-electron chi connectivity index (χ0n) is 56.4. The van der Waals surface area contributed by atoms with Gasteiger partial charge in [0.2, 0.25) is 0 Å². The number of esters is 4. The summed E-state index contributed by atoms with van der Waals surface area (Å²) in [4.78, 5) is 136. The Kier molecular flexibility index (Phi) is 24.6. The highest BCUT2D eigenvalue weighted by Gasteiger charge is 2.43. The molecule has 4 aromatic rings. The van der Waals surface area contributed by atoms with Crippen molar-refractivity contribution in [2.24, 2.45) is 23.7 Å². The minimum Gasteiger partial charge on any atom is -0.451 e. The van der Waals surface area contributed by atoms with Crippen LogP contribution in [-0.2, 0) is 103 Å². The molecular formula is C68H92N8O16S2. The maximum absolute atomic E-state index is 15.2. The number of aromatic nitrogens is 2. The Balaban J connectivity index is 1.23. The van der Waals surface area contributed by atoms with Gasteiger partial charge in [-0.1, -0.05) is 104 Å². The van der Waals surface area contributed by atoms with Crippen molar-refractivity contribution < 1.29 is 74.1 Å². The molecule has 512 valence electrons. The van der Waals surface area contributed by atoms with Crippen LogP contribution in [0.2, 0.25) is 0 Å². The number of hydrogen-bond donors (Lipinski definition) is 0. The molecule has 2 aromatic heterocycles. The number of anilines is 2. The van der Waals surface area contributed by atoms with E-state index in [1.807, 2.05) is 65.2 Å². The van der Waals surface area contributed by atoms with Crippen LogP contribution in [0.1, 0.15) is 117 Å². The standard InChI is InChI=1S/C68H92N8O16S2/c1-41(2)33-51-65(81)89-45(9)61(77)71(11)54(36-44(7)8)68(84)92-56(38-48-21-25-50(26-22-48)40-76-30-32-94(87,88)58-18-16-28-70-60(58)76)64(80)74(14)52(34-42(3)4)66(82)90-46(10)62(78)72(12)53(35-43(5)6)67(83)91-55(63(79)73(51)13)37-47-19-23-49(24-20-47)39-75-29-31-93(85,86)57-17-15-27-69-59(57)75/h15-28,41-46,51-56H,29-40H2,1-14H3/t45-,46-,51+,52+,53+,54+,55-,56-/m1/s1. The van der Waals surface area contributed by atoms with Crippen LogP contribution in [0.5, 0.6) is 0 Å². The lowest BCUT2D eigenvalue weighted by atomic mass is 9.99. The smallest absolute Gasteiger partial charge is 0.329 e. The molecule has 4 amide bonds. The van der Waals surface area contributed by atoms with Gasteiger partial charge in [-0.05, 0) is 110 Å². The van der Waals surface area contributed by atoms with Gasteiger partial charge in [-0.3, -0.25) is 19.2 Å². The lowest BCUT2D eigenvalue weighted by Gasteiger charge is -2.35. The van der Waals surface area contributed by atoms with Crippen LogP contribution in [0.3, 0.4) is 0 Å². The van der Waals surface area contributed by atoms with Crippen molar-refractivity contribution in [1.82, 2.24) is 29.6 Å². The topological polar surface area (TPSA) is 287 Å². The molecule has 0 bridgehead atoms. The molecule has 8 atom stereocenters. The van der Waals surface area contributed by atoms with Gasteiger partial charge in [-0.25, -0.2) is 46.0 Å². The molecule has 1 saturated heterocycles. The van der Waals surface area contributed by atoms with E-state index in [1.54, 1.807) is 60.7 Å². The van der Waals surface area contributed by atoms with E-state index in [9.17, 15) is 45.6 Å². The zero-order chi connectivity index (χ0) is 69.3. The summed E-state index contributed by atoms with van der Waals surface area (Å²) in [6.07, 6.45) is -3.65. The first-order valence-corrected chi connectivity index (χ1v) is 35.4. The van der Waals surface area contributed by atoms with E-state index in [2.05, 4.69) is 9.97 Å². The molecule has 1 fully saturated rings. The third kappa shape index (κ3) is 18.3. The van der Waals surface area contributed by atoms with Crippen LogP contribution in [0.15, 0.2) is 95.0 Å². The van der Waals surface area contributed by atoms with E-state index in [1.165, 1.54) is 66.6 Å². The van der Waals surface area contributed by atoms with Crippen molar-refractivity contribution in [3.8, 4) is 0 Å². The van der Waals surface area contributed by atoms with Crippen LogP contribution >= 0.6 is 0 Å².